The molecule has 1 unspecified atom stereocenters. The third kappa shape index (κ3) is 4.32. The van der Waals surface area contributed by atoms with E-state index in [4.69, 9.17) is 0 Å². The van der Waals surface area contributed by atoms with E-state index in [2.05, 4.69) is 13.8 Å². The normalized spacial score (nSPS) is 20.0. The van der Waals surface area contributed by atoms with Gasteiger partial charge in [0.15, 0.2) is 0 Å². The zero-order valence-electron chi connectivity index (χ0n) is 13.7. The lowest BCUT2D eigenvalue weighted by atomic mass is 9.96. The first kappa shape index (κ1) is 17.2. The fourth-order valence-electron chi connectivity index (χ4n) is 3.27. The molecule has 1 aliphatic heterocycles. The maximum absolute atomic E-state index is 12.5. The Bertz CT molecular complexity index is 336. The highest BCUT2D eigenvalue weighted by molar-refractivity contribution is 6.04. The molecule has 1 aliphatic rings. The van der Waals surface area contributed by atoms with Crippen molar-refractivity contribution in [2.45, 2.75) is 91.0 Å². The zero-order valence-corrected chi connectivity index (χ0v) is 13.7. The molecular weight excluding hydrogens is 250 g/mol. The Kier molecular flexibility index (Phi) is 6.70. The quantitative estimate of drug-likeness (QED) is 0.467. The van der Waals surface area contributed by atoms with Crippen LogP contribution in [0.25, 0.3) is 0 Å². The molecular formula is C17H31NO2. The van der Waals surface area contributed by atoms with Gasteiger partial charge in [0.2, 0.25) is 11.8 Å². The molecule has 116 valence electrons. The molecule has 1 saturated heterocycles. The number of hydrogen-bond acceptors (Lipinski definition) is 2. The van der Waals surface area contributed by atoms with E-state index in [-0.39, 0.29) is 23.3 Å². The van der Waals surface area contributed by atoms with Gasteiger partial charge in [-0.05, 0) is 26.7 Å². The van der Waals surface area contributed by atoms with Crippen LogP contribution < -0.4 is 0 Å². The van der Waals surface area contributed by atoms with E-state index in [1.165, 1.54) is 25.7 Å². The van der Waals surface area contributed by atoms with Gasteiger partial charge in [-0.3, -0.25) is 14.5 Å². The summed E-state index contributed by atoms with van der Waals surface area (Å²) < 4.78 is 0. The third-order valence-electron chi connectivity index (χ3n) is 4.36. The SMILES string of the molecule is CCCCCCCC1CC(=O)N(C(C)(C)CCC)C1=O. The average molecular weight is 281 g/mol. The summed E-state index contributed by atoms with van der Waals surface area (Å²) in [6, 6.07) is 0. The molecule has 1 fully saturated rings. The molecule has 0 spiro atoms. The van der Waals surface area contributed by atoms with Crippen molar-refractivity contribution in [3.8, 4) is 0 Å². The largest absolute Gasteiger partial charge is 0.277 e. The Morgan fingerprint density at radius 1 is 1.05 bits per heavy atom. The number of carbonyl (C=O) groups is 2. The van der Waals surface area contributed by atoms with Crippen molar-refractivity contribution in [3.05, 3.63) is 0 Å². The minimum atomic E-state index is -0.320. The molecule has 0 radical (unpaired) electrons. The molecule has 1 rings (SSSR count). The van der Waals surface area contributed by atoms with Crippen molar-refractivity contribution in [2.24, 2.45) is 5.92 Å². The van der Waals surface area contributed by atoms with E-state index < -0.39 is 0 Å². The Balaban J connectivity index is 2.50. The Labute approximate surface area is 124 Å². The monoisotopic (exact) mass is 281 g/mol. The Hall–Kier alpha value is -0.860. The van der Waals surface area contributed by atoms with Crippen LogP contribution >= 0.6 is 0 Å². The first-order chi connectivity index (χ1) is 9.44. The molecule has 0 bridgehead atoms. The third-order valence-corrected chi connectivity index (χ3v) is 4.36. The highest BCUT2D eigenvalue weighted by atomic mass is 16.2. The van der Waals surface area contributed by atoms with E-state index in [1.807, 2.05) is 13.8 Å². The fraction of sp³-hybridized carbons (Fsp3) is 0.882. The maximum Gasteiger partial charge on any atom is 0.233 e. The summed E-state index contributed by atoms with van der Waals surface area (Å²) in [4.78, 5) is 26.2. The molecule has 0 aromatic heterocycles. The van der Waals surface area contributed by atoms with Crippen LogP contribution in [0, 0.1) is 5.92 Å². The number of imide groups is 1. The standard InChI is InChI=1S/C17H31NO2/c1-5-7-8-9-10-11-14-13-15(19)18(16(14)20)17(3,4)12-6-2/h14H,5-13H2,1-4H3. The van der Waals surface area contributed by atoms with Gasteiger partial charge in [-0.25, -0.2) is 0 Å². The summed E-state index contributed by atoms with van der Waals surface area (Å²) in [5.74, 6) is 0.0520. The minimum Gasteiger partial charge on any atom is -0.277 e. The second-order valence-electron chi connectivity index (χ2n) is 6.73. The molecule has 2 amide bonds. The van der Waals surface area contributed by atoms with E-state index in [1.54, 1.807) is 4.90 Å². The van der Waals surface area contributed by atoms with Gasteiger partial charge in [0.1, 0.15) is 0 Å². The van der Waals surface area contributed by atoms with Crippen molar-refractivity contribution in [1.82, 2.24) is 4.90 Å². The van der Waals surface area contributed by atoms with Crippen LogP contribution in [0.5, 0.6) is 0 Å². The lowest BCUT2D eigenvalue weighted by Gasteiger charge is -2.34. The van der Waals surface area contributed by atoms with Crippen LogP contribution in [0.1, 0.15) is 85.5 Å². The van der Waals surface area contributed by atoms with Crippen LogP contribution in [0.2, 0.25) is 0 Å². The molecule has 0 saturated carbocycles. The zero-order chi connectivity index (χ0) is 15.2. The van der Waals surface area contributed by atoms with Gasteiger partial charge in [0.25, 0.3) is 0 Å². The van der Waals surface area contributed by atoms with E-state index >= 15 is 0 Å². The summed E-state index contributed by atoms with van der Waals surface area (Å²) >= 11 is 0. The van der Waals surface area contributed by atoms with Crippen molar-refractivity contribution in [2.75, 3.05) is 0 Å². The Morgan fingerprint density at radius 2 is 1.70 bits per heavy atom. The first-order valence-corrected chi connectivity index (χ1v) is 8.31. The fourth-order valence-corrected chi connectivity index (χ4v) is 3.27. The molecule has 1 heterocycles. The van der Waals surface area contributed by atoms with Gasteiger partial charge >= 0.3 is 0 Å². The molecule has 20 heavy (non-hydrogen) atoms. The molecule has 0 aromatic carbocycles. The van der Waals surface area contributed by atoms with Crippen LogP contribution in [0.15, 0.2) is 0 Å². The smallest absolute Gasteiger partial charge is 0.233 e. The number of hydrogen-bond donors (Lipinski definition) is 0. The number of unbranched alkanes of at least 4 members (excludes halogenated alkanes) is 4. The summed E-state index contributed by atoms with van der Waals surface area (Å²) in [6.45, 7) is 8.32. The van der Waals surface area contributed by atoms with E-state index in [0.717, 1.165) is 25.7 Å². The highest BCUT2D eigenvalue weighted by Gasteiger charge is 2.44. The molecule has 0 aromatic rings. The first-order valence-electron chi connectivity index (χ1n) is 8.31. The summed E-state index contributed by atoms with van der Waals surface area (Å²) in [6.07, 6.45) is 9.20. The lowest BCUT2D eigenvalue weighted by Crippen LogP contribution is -2.47. The van der Waals surface area contributed by atoms with E-state index in [0.29, 0.717) is 6.42 Å². The van der Waals surface area contributed by atoms with Crippen molar-refractivity contribution in [1.29, 1.82) is 0 Å². The predicted octanol–water partition coefficient (Wildman–Crippen LogP) is 4.30. The predicted molar refractivity (Wildman–Crippen MR) is 82.3 cm³/mol. The van der Waals surface area contributed by atoms with Crippen molar-refractivity contribution in [3.63, 3.8) is 0 Å². The number of likely N-dealkylation sites (tertiary alicyclic amines) is 1. The highest BCUT2D eigenvalue weighted by Crippen LogP contribution is 2.32. The molecule has 1 atom stereocenters. The van der Waals surface area contributed by atoms with Gasteiger partial charge in [0.05, 0.1) is 0 Å². The van der Waals surface area contributed by atoms with Gasteiger partial charge < -0.3 is 0 Å². The van der Waals surface area contributed by atoms with Gasteiger partial charge in [0, 0.05) is 17.9 Å². The molecule has 3 heteroatoms. The maximum atomic E-state index is 12.5. The second-order valence-corrected chi connectivity index (χ2v) is 6.73. The second kappa shape index (κ2) is 7.80. The summed E-state index contributed by atoms with van der Waals surface area (Å²) in [5, 5.41) is 0. The number of nitrogens with zero attached hydrogens (tertiary/aromatic N) is 1. The van der Waals surface area contributed by atoms with Crippen LogP contribution in [0.4, 0.5) is 0 Å². The number of rotatable bonds is 9. The number of carbonyl (C=O) groups excluding carboxylic acids is 2. The molecule has 0 N–H and O–H groups in total. The van der Waals surface area contributed by atoms with Gasteiger partial charge in [-0.15, -0.1) is 0 Å². The van der Waals surface area contributed by atoms with Gasteiger partial charge in [-0.2, -0.15) is 0 Å². The topological polar surface area (TPSA) is 37.4 Å². The van der Waals surface area contributed by atoms with Crippen molar-refractivity contribution < 1.29 is 9.59 Å². The summed E-state index contributed by atoms with van der Waals surface area (Å²) in [7, 11) is 0. The van der Waals surface area contributed by atoms with E-state index in [9.17, 15) is 9.59 Å². The van der Waals surface area contributed by atoms with Crippen LogP contribution in [-0.2, 0) is 9.59 Å². The summed E-state index contributed by atoms with van der Waals surface area (Å²) in [5.41, 5.74) is -0.320. The van der Waals surface area contributed by atoms with Gasteiger partial charge in [-0.1, -0.05) is 52.4 Å². The number of amides is 2. The minimum absolute atomic E-state index is 0.0343. The Morgan fingerprint density at radius 3 is 2.30 bits per heavy atom. The lowest BCUT2D eigenvalue weighted by molar-refractivity contribution is -0.145. The van der Waals surface area contributed by atoms with Crippen LogP contribution in [-0.4, -0.2) is 22.3 Å². The van der Waals surface area contributed by atoms with Crippen LogP contribution in [0.3, 0.4) is 0 Å². The molecule has 0 aliphatic carbocycles. The average Bonchev–Trinajstić information content (AvgIpc) is 2.64. The molecule has 3 nitrogen and oxygen atoms in total. The van der Waals surface area contributed by atoms with Crippen molar-refractivity contribution >= 4 is 11.8 Å².